The van der Waals surface area contributed by atoms with Crippen LogP contribution in [0.3, 0.4) is 0 Å². The molecule has 0 unspecified atom stereocenters. The van der Waals surface area contributed by atoms with Crippen LogP contribution in [0.5, 0.6) is 11.5 Å². The first-order valence-corrected chi connectivity index (χ1v) is 11.2. The number of hydrogen-bond donors (Lipinski definition) is 1. The lowest BCUT2D eigenvalue weighted by Crippen LogP contribution is -2.36. The standard InChI is InChI=1S/C22H18BrFN2O7S/c1-31-16-6-12(15(23)9-17(16)33-11-20(28)32-2)7-18-21(29)26(22(30)34-18)10-19(27)25-14-5-3-4-13(24)8-14/h3-9H,10-11H2,1-2H3,(H,25,27)/b18-7+. The smallest absolute Gasteiger partial charge is 0.343 e. The van der Waals surface area contributed by atoms with Gasteiger partial charge in [0.05, 0.1) is 19.1 Å². The van der Waals surface area contributed by atoms with Gasteiger partial charge in [-0.1, -0.05) is 22.0 Å². The molecular weight excluding hydrogens is 535 g/mol. The van der Waals surface area contributed by atoms with Gasteiger partial charge in [0.1, 0.15) is 12.4 Å². The number of imide groups is 1. The molecule has 34 heavy (non-hydrogen) atoms. The first kappa shape index (κ1) is 25.2. The normalized spacial score (nSPS) is 14.4. The Labute approximate surface area is 206 Å². The largest absolute Gasteiger partial charge is 0.493 e. The van der Waals surface area contributed by atoms with Gasteiger partial charge in [0.15, 0.2) is 18.1 Å². The summed E-state index contributed by atoms with van der Waals surface area (Å²) < 4.78 is 29.0. The van der Waals surface area contributed by atoms with Crippen LogP contribution >= 0.6 is 27.7 Å². The highest BCUT2D eigenvalue weighted by Gasteiger charge is 2.36. The van der Waals surface area contributed by atoms with Gasteiger partial charge in [-0.3, -0.25) is 19.3 Å². The number of halogens is 2. The van der Waals surface area contributed by atoms with E-state index in [1.165, 1.54) is 38.5 Å². The van der Waals surface area contributed by atoms with Crippen molar-refractivity contribution in [3.63, 3.8) is 0 Å². The van der Waals surface area contributed by atoms with Gasteiger partial charge in [-0.2, -0.15) is 0 Å². The Morgan fingerprint density at radius 2 is 1.94 bits per heavy atom. The Hall–Kier alpha value is -3.38. The van der Waals surface area contributed by atoms with Crippen LogP contribution in [-0.2, 0) is 19.1 Å². The topological polar surface area (TPSA) is 111 Å². The molecule has 178 valence electrons. The third-order valence-electron chi connectivity index (χ3n) is 4.43. The number of thioether (sulfide) groups is 1. The maximum Gasteiger partial charge on any atom is 0.343 e. The Morgan fingerprint density at radius 3 is 2.62 bits per heavy atom. The van der Waals surface area contributed by atoms with E-state index in [-0.39, 0.29) is 28.7 Å². The molecule has 1 aliphatic rings. The molecule has 1 aliphatic heterocycles. The van der Waals surface area contributed by atoms with Gasteiger partial charge in [0.25, 0.3) is 11.1 Å². The van der Waals surface area contributed by atoms with Crippen molar-refractivity contribution in [1.82, 2.24) is 4.90 Å². The Kier molecular flexibility index (Phi) is 8.29. The molecule has 0 atom stereocenters. The van der Waals surface area contributed by atoms with Crippen LogP contribution in [0.1, 0.15) is 5.56 Å². The third-order valence-corrected chi connectivity index (χ3v) is 6.02. The molecule has 1 saturated heterocycles. The van der Waals surface area contributed by atoms with Crippen LogP contribution in [0.15, 0.2) is 45.8 Å². The van der Waals surface area contributed by atoms with Crippen molar-refractivity contribution in [1.29, 1.82) is 0 Å². The summed E-state index contributed by atoms with van der Waals surface area (Å²) in [4.78, 5) is 49.6. The SMILES string of the molecule is COC(=O)COc1cc(Br)c(/C=C2/SC(=O)N(CC(=O)Nc3cccc(F)c3)C2=O)cc1OC. The van der Waals surface area contributed by atoms with E-state index in [9.17, 15) is 23.6 Å². The number of hydrogen-bond acceptors (Lipinski definition) is 8. The van der Waals surface area contributed by atoms with Crippen molar-refractivity contribution < 1.29 is 37.8 Å². The van der Waals surface area contributed by atoms with Gasteiger partial charge < -0.3 is 19.5 Å². The molecular formula is C22H18BrFN2O7S. The molecule has 9 nitrogen and oxygen atoms in total. The zero-order valence-corrected chi connectivity index (χ0v) is 20.3. The van der Waals surface area contributed by atoms with Crippen LogP contribution in [-0.4, -0.2) is 55.3 Å². The molecule has 12 heteroatoms. The summed E-state index contributed by atoms with van der Waals surface area (Å²) in [5.41, 5.74) is 0.704. The van der Waals surface area contributed by atoms with E-state index in [4.69, 9.17) is 9.47 Å². The Bertz CT molecular complexity index is 1190. The van der Waals surface area contributed by atoms with E-state index in [1.807, 2.05) is 0 Å². The fraction of sp³-hybridized carbons (Fsp3) is 0.182. The van der Waals surface area contributed by atoms with E-state index >= 15 is 0 Å². The highest BCUT2D eigenvalue weighted by Crippen LogP contribution is 2.38. The Morgan fingerprint density at radius 1 is 1.18 bits per heavy atom. The number of carbonyl (C=O) groups is 4. The predicted molar refractivity (Wildman–Crippen MR) is 126 cm³/mol. The van der Waals surface area contributed by atoms with Crippen LogP contribution in [0.2, 0.25) is 0 Å². The maximum absolute atomic E-state index is 13.3. The van der Waals surface area contributed by atoms with E-state index in [0.29, 0.717) is 21.8 Å². The van der Waals surface area contributed by atoms with E-state index in [1.54, 1.807) is 12.1 Å². The van der Waals surface area contributed by atoms with Crippen LogP contribution in [0.25, 0.3) is 6.08 Å². The fourth-order valence-electron chi connectivity index (χ4n) is 2.82. The molecule has 3 rings (SSSR count). The van der Waals surface area contributed by atoms with Crippen LogP contribution < -0.4 is 14.8 Å². The molecule has 0 aliphatic carbocycles. The second kappa shape index (κ2) is 11.2. The number of rotatable bonds is 8. The minimum atomic E-state index is -0.652. The molecule has 2 aromatic rings. The molecule has 1 fully saturated rings. The van der Waals surface area contributed by atoms with Gasteiger partial charge in [0.2, 0.25) is 5.91 Å². The molecule has 0 spiro atoms. The number of amides is 3. The van der Waals surface area contributed by atoms with Crippen molar-refractivity contribution in [2.75, 3.05) is 32.7 Å². The van der Waals surface area contributed by atoms with Gasteiger partial charge >= 0.3 is 5.97 Å². The second-order valence-corrected chi connectivity index (χ2v) is 8.56. The minimum Gasteiger partial charge on any atom is -0.493 e. The number of nitrogens with one attached hydrogen (secondary N) is 1. The molecule has 0 saturated carbocycles. The van der Waals surface area contributed by atoms with Crippen molar-refractivity contribution >= 4 is 62.5 Å². The average molecular weight is 553 g/mol. The molecule has 1 N–H and O–H groups in total. The number of methoxy groups -OCH3 is 2. The van der Waals surface area contributed by atoms with Crippen molar-refractivity contribution in [2.24, 2.45) is 0 Å². The minimum absolute atomic E-state index is 0.0922. The lowest BCUT2D eigenvalue weighted by Gasteiger charge is -2.13. The van der Waals surface area contributed by atoms with E-state index in [2.05, 4.69) is 26.0 Å². The van der Waals surface area contributed by atoms with Crippen molar-refractivity contribution in [3.8, 4) is 11.5 Å². The number of benzene rings is 2. The highest BCUT2D eigenvalue weighted by atomic mass is 79.9. The lowest BCUT2D eigenvalue weighted by atomic mass is 10.2. The zero-order chi connectivity index (χ0) is 24.8. The summed E-state index contributed by atoms with van der Waals surface area (Å²) in [6.07, 6.45) is 1.46. The quantitative estimate of drug-likeness (QED) is 0.388. The molecule has 1 heterocycles. The Balaban J connectivity index is 1.75. The fourth-order valence-corrected chi connectivity index (χ4v) is 4.08. The number of nitrogens with zero attached hydrogens (tertiary/aromatic N) is 1. The number of esters is 1. The first-order chi connectivity index (χ1) is 16.2. The number of anilines is 1. The van der Waals surface area contributed by atoms with Crippen molar-refractivity contribution in [3.05, 3.63) is 57.2 Å². The lowest BCUT2D eigenvalue weighted by molar-refractivity contribution is -0.143. The van der Waals surface area contributed by atoms with Crippen LogP contribution in [0.4, 0.5) is 14.9 Å². The van der Waals surface area contributed by atoms with Gasteiger partial charge in [-0.25, -0.2) is 9.18 Å². The number of ether oxygens (including phenoxy) is 3. The summed E-state index contributed by atoms with van der Waals surface area (Å²) in [5.74, 6) is -1.86. The van der Waals surface area contributed by atoms with E-state index in [0.717, 1.165) is 11.0 Å². The monoisotopic (exact) mass is 552 g/mol. The van der Waals surface area contributed by atoms with E-state index < -0.39 is 35.4 Å². The zero-order valence-electron chi connectivity index (χ0n) is 17.9. The second-order valence-electron chi connectivity index (χ2n) is 6.72. The van der Waals surface area contributed by atoms with Gasteiger partial charge in [-0.05, 0) is 53.7 Å². The molecule has 3 amide bonds. The predicted octanol–water partition coefficient (Wildman–Crippen LogP) is 3.82. The summed E-state index contributed by atoms with van der Waals surface area (Å²) in [6, 6.07) is 8.35. The van der Waals surface area contributed by atoms with Gasteiger partial charge in [0, 0.05) is 10.2 Å². The number of carbonyl (C=O) groups excluding carboxylic acids is 4. The molecule has 0 aromatic heterocycles. The average Bonchev–Trinajstić information content (AvgIpc) is 3.06. The van der Waals surface area contributed by atoms with Gasteiger partial charge in [-0.15, -0.1) is 0 Å². The summed E-state index contributed by atoms with van der Waals surface area (Å²) in [6.45, 7) is -0.849. The summed E-state index contributed by atoms with van der Waals surface area (Å²) in [5, 5.41) is 1.83. The summed E-state index contributed by atoms with van der Waals surface area (Å²) >= 11 is 4.04. The highest BCUT2D eigenvalue weighted by molar-refractivity contribution is 9.10. The molecule has 2 aromatic carbocycles. The maximum atomic E-state index is 13.3. The molecule has 0 bridgehead atoms. The summed E-state index contributed by atoms with van der Waals surface area (Å²) in [7, 11) is 2.64. The van der Waals surface area contributed by atoms with Crippen LogP contribution in [0, 0.1) is 5.82 Å². The first-order valence-electron chi connectivity index (χ1n) is 9.59. The van der Waals surface area contributed by atoms with Crippen molar-refractivity contribution in [2.45, 2.75) is 0 Å². The molecule has 0 radical (unpaired) electrons. The third kappa shape index (κ3) is 6.14.